The molecule has 0 aliphatic carbocycles. The van der Waals surface area contributed by atoms with Gasteiger partial charge < -0.3 is 4.74 Å². The molecule has 2 heterocycles. The minimum atomic E-state index is -0.987. The molecule has 2 aromatic rings. The second kappa shape index (κ2) is 6.88. The van der Waals surface area contributed by atoms with Gasteiger partial charge in [-0.2, -0.15) is 0 Å². The highest BCUT2D eigenvalue weighted by molar-refractivity contribution is 8.13. The number of methoxy groups -OCH3 is 1. The standard InChI is InChI=1S/C19H16N4O3S/c1-26-14-10-6-4-8-12(14)16(24)17-20-13-9-5-3-7-11(13)15-18(25)21-19(27-2)22-23(15)17/h3-10,17H,1-2H3,(H,21,22,25)/t17-/m0/s1. The van der Waals surface area contributed by atoms with Crippen molar-refractivity contribution in [1.82, 2.24) is 10.3 Å². The van der Waals surface area contributed by atoms with Gasteiger partial charge in [-0.3, -0.25) is 14.9 Å². The van der Waals surface area contributed by atoms with E-state index in [-0.39, 0.29) is 11.7 Å². The number of nitrogens with one attached hydrogen (secondary N) is 1. The largest absolute Gasteiger partial charge is 0.496 e. The zero-order valence-electron chi connectivity index (χ0n) is 14.7. The van der Waals surface area contributed by atoms with Gasteiger partial charge in [0.15, 0.2) is 5.17 Å². The Morgan fingerprint density at radius 2 is 1.93 bits per heavy atom. The summed E-state index contributed by atoms with van der Waals surface area (Å²) in [5.41, 5.74) is 0.700. The van der Waals surface area contributed by atoms with E-state index in [1.807, 2.05) is 12.1 Å². The number of ether oxygens (including phenoxy) is 1. The molecule has 0 fully saturated rings. The molecule has 1 atom stereocenters. The first kappa shape index (κ1) is 17.3. The smallest absolute Gasteiger partial charge is 0.276 e. The summed E-state index contributed by atoms with van der Waals surface area (Å²) < 4.78 is 5.32. The Balaban J connectivity index is 1.92. The van der Waals surface area contributed by atoms with Crippen LogP contribution in [0.2, 0.25) is 0 Å². The van der Waals surface area contributed by atoms with Crippen molar-refractivity contribution in [1.29, 1.82) is 0 Å². The number of ketones is 1. The Bertz CT molecular complexity index is 1100. The van der Waals surface area contributed by atoms with Crippen LogP contribution in [0.25, 0.3) is 5.70 Å². The van der Waals surface area contributed by atoms with Gasteiger partial charge in [0.2, 0.25) is 11.9 Å². The first-order valence-corrected chi connectivity index (χ1v) is 9.44. The Hall–Kier alpha value is -3.13. The van der Waals surface area contributed by atoms with E-state index in [9.17, 15) is 9.59 Å². The Kier molecular flexibility index (Phi) is 4.41. The highest BCUT2D eigenvalue weighted by Crippen LogP contribution is 2.26. The SMILES string of the molecule is COc1ccccc1C(=O)[C@H]1N=c2ccccc2=C2C(=O)NC(SC)=NN21. The molecule has 7 nitrogen and oxygen atoms in total. The summed E-state index contributed by atoms with van der Waals surface area (Å²) in [6.07, 6.45) is 0.815. The van der Waals surface area contributed by atoms with Crippen molar-refractivity contribution >= 4 is 34.3 Å². The van der Waals surface area contributed by atoms with Gasteiger partial charge in [0, 0.05) is 5.22 Å². The summed E-state index contributed by atoms with van der Waals surface area (Å²) in [6.45, 7) is 0. The van der Waals surface area contributed by atoms with E-state index in [1.165, 1.54) is 23.9 Å². The molecular weight excluding hydrogens is 364 g/mol. The lowest BCUT2D eigenvalue weighted by molar-refractivity contribution is -0.115. The van der Waals surface area contributed by atoms with Crippen LogP contribution in [0.4, 0.5) is 0 Å². The third-order valence-corrected chi connectivity index (χ3v) is 4.89. The predicted octanol–water partition coefficient (Wildman–Crippen LogP) is 0.711. The molecule has 2 aliphatic rings. The number of para-hydroxylation sites is 2. The van der Waals surface area contributed by atoms with Crippen LogP contribution in [0.3, 0.4) is 0 Å². The van der Waals surface area contributed by atoms with Crippen LogP contribution in [0.15, 0.2) is 58.6 Å². The lowest BCUT2D eigenvalue weighted by Gasteiger charge is -2.33. The molecule has 2 aromatic carbocycles. The average Bonchev–Trinajstić information content (AvgIpc) is 2.72. The molecule has 0 saturated carbocycles. The predicted molar refractivity (Wildman–Crippen MR) is 103 cm³/mol. The van der Waals surface area contributed by atoms with Crippen molar-refractivity contribution in [2.45, 2.75) is 6.17 Å². The quantitative estimate of drug-likeness (QED) is 0.793. The van der Waals surface area contributed by atoms with Gasteiger partial charge in [-0.25, -0.2) is 10.0 Å². The number of carbonyl (C=O) groups is 2. The molecule has 1 amide bonds. The van der Waals surface area contributed by atoms with Crippen molar-refractivity contribution in [3.8, 4) is 5.75 Å². The molecule has 0 spiro atoms. The lowest BCUT2D eigenvalue weighted by Crippen LogP contribution is -2.54. The molecule has 0 unspecified atom stereocenters. The molecule has 0 aromatic heterocycles. The van der Waals surface area contributed by atoms with Gasteiger partial charge in [0.25, 0.3) is 5.91 Å². The van der Waals surface area contributed by atoms with Gasteiger partial charge in [-0.05, 0) is 24.5 Å². The van der Waals surface area contributed by atoms with Crippen LogP contribution in [0.5, 0.6) is 5.75 Å². The fourth-order valence-electron chi connectivity index (χ4n) is 3.08. The number of amides is 1. The Morgan fingerprint density at radius 1 is 1.19 bits per heavy atom. The molecule has 0 radical (unpaired) electrons. The minimum Gasteiger partial charge on any atom is -0.496 e. The lowest BCUT2D eigenvalue weighted by atomic mass is 10.0. The second-order valence-corrected chi connectivity index (χ2v) is 6.64. The van der Waals surface area contributed by atoms with Gasteiger partial charge in [0.1, 0.15) is 11.4 Å². The van der Waals surface area contributed by atoms with Gasteiger partial charge in [0.05, 0.1) is 18.0 Å². The fraction of sp³-hybridized carbons (Fsp3) is 0.158. The first-order chi connectivity index (χ1) is 13.1. The third kappa shape index (κ3) is 2.87. The zero-order chi connectivity index (χ0) is 19.0. The van der Waals surface area contributed by atoms with Crippen LogP contribution in [-0.4, -0.2) is 41.4 Å². The Labute approximate surface area is 159 Å². The number of hydrogen-bond acceptors (Lipinski definition) is 7. The van der Waals surface area contributed by atoms with E-state index in [0.29, 0.717) is 32.8 Å². The van der Waals surface area contributed by atoms with Crippen molar-refractivity contribution in [3.63, 3.8) is 0 Å². The van der Waals surface area contributed by atoms with Gasteiger partial charge in [-0.15, -0.1) is 5.10 Å². The number of rotatable bonds is 3. The zero-order valence-corrected chi connectivity index (χ0v) is 15.5. The molecule has 136 valence electrons. The number of hydrogen-bond donors (Lipinski definition) is 1. The molecular formula is C19H16N4O3S. The van der Waals surface area contributed by atoms with E-state index in [1.54, 1.807) is 42.7 Å². The summed E-state index contributed by atoms with van der Waals surface area (Å²) in [5, 5.41) is 10.2. The van der Waals surface area contributed by atoms with Crippen LogP contribution >= 0.6 is 11.8 Å². The topological polar surface area (TPSA) is 83.4 Å². The third-order valence-electron chi connectivity index (χ3n) is 4.32. The summed E-state index contributed by atoms with van der Waals surface area (Å²) in [4.78, 5) is 30.6. The van der Waals surface area contributed by atoms with E-state index < -0.39 is 6.17 Å². The van der Waals surface area contributed by atoms with Crippen LogP contribution in [0.1, 0.15) is 10.4 Å². The highest BCUT2D eigenvalue weighted by atomic mass is 32.2. The number of nitrogens with zero attached hydrogens (tertiary/aromatic N) is 3. The number of fused-ring (bicyclic) bond motifs is 2. The molecule has 1 N–H and O–H groups in total. The van der Waals surface area contributed by atoms with Crippen LogP contribution < -0.4 is 20.6 Å². The van der Waals surface area contributed by atoms with E-state index >= 15 is 0 Å². The maximum absolute atomic E-state index is 13.3. The molecule has 2 aliphatic heterocycles. The van der Waals surface area contributed by atoms with E-state index in [2.05, 4.69) is 15.4 Å². The van der Waals surface area contributed by atoms with Crippen molar-refractivity contribution < 1.29 is 14.3 Å². The summed E-state index contributed by atoms with van der Waals surface area (Å²) >= 11 is 1.29. The molecule has 4 rings (SSSR count). The normalized spacial score (nSPS) is 17.9. The highest BCUT2D eigenvalue weighted by Gasteiger charge is 2.38. The van der Waals surface area contributed by atoms with Crippen molar-refractivity contribution in [2.75, 3.05) is 13.4 Å². The number of amidine groups is 1. The minimum absolute atomic E-state index is 0.293. The van der Waals surface area contributed by atoms with Crippen LogP contribution in [0, 0.1) is 0 Å². The number of carbonyl (C=O) groups excluding carboxylic acids is 2. The first-order valence-electron chi connectivity index (χ1n) is 8.21. The maximum Gasteiger partial charge on any atom is 0.276 e. The molecule has 27 heavy (non-hydrogen) atoms. The van der Waals surface area contributed by atoms with Gasteiger partial charge >= 0.3 is 0 Å². The molecule has 8 heteroatoms. The maximum atomic E-state index is 13.3. The van der Waals surface area contributed by atoms with Crippen LogP contribution in [-0.2, 0) is 4.79 Å². The monoisotopic (exact) mass is 380 g/mol. The fourth-order valence-corrected chi connectivity index (χ4v) is 3.44. The summed E-state index contributed by atoms with van der Waals surface area (Å²) in [5.74, 6) is -0.151. The second-order valence-electron chi connectivity index (χ2n) is 5.84. The molecule has 0 saturated heterocycles. The van der Waals surface area contributed by atoms with Crippen molar-refractivity contribution in [3.05, 3.63) is 64.7 Å². The number of thioether (sulfide) groups is 1. The number of Topliss-reactive ketones (excluding diaryl/α,β-unsaturated/α-hetero) is 1. The number of hydrazone groups is 1. The number of benzene rings is 2. The summed E-state index contributed by atoms with van der Waals surface area (Å²) in [6, 6.07) is 14.2. The Morgan fingerprint density at radius 3 is 2.70 bits per heavy atom. The van der Waals surface area contributed by atoms with E-state index in [4.69, 9.17) is 4.74 Å². The van der Waals surface area contributed by atoms with Gasteiger partial charge in [-0.1, -0.05) is 42.1 Å². The summed E-state index contributed by atoms with van der Waals surface area (Å²) in [7, 11) is 1.51. The molecule has 0 bridgehead atoms. The average molecular weight is 380 g/mol. The van der Waals surface area contributed by atoms with Crippen molar-refractivity contribution in [2.24, 2.45) is 10.1 Å². The van der Waals surface area contributed by atoms with E-state index in [0.717, 1.165) is 0 Å².